The quantitative estimate of drug-likeness (QED) is 0.790. The van der Waals surface area contributed by atoms with Crippen molar-refractivity contribution in [1.29, 1.82) is 0 Å². The van der Waals surface area contributed by atoms with Gasteiger partial charge in [0, 0.05) is 6.42 Å². The van der Waals surface area contributed by atoms with Crippen LogP contribution in [0.2, 0.25) is 0 Å². The Labute approximate surface area is 121 Å². The number of hydrogen-bond acceptors (Lipinski definition) is 4. The number of alkyl carbamates (subject to hydrolysis) is 1. The Morgan fingerprint density at radius 3 is 2.52 bits per heavy atom. The van der Waals surface area contributed by atoms with Crippen LogP contribution in [0.1, 0.15) is 26.3 Å². The van der Waals surface area contributed by atoms with E-state index in [1.165, 1.54) is 12.1 Å². The van der Waals surface area contributed by atoms with Crippen LogP contribution in [0.25, 0.3) is 0 Å². The van der Waals surface area contributed by atoms with E-state index in [0.29, 0.717) is 0 Å². The lowest BCUT2D eigenvalue weighted by Crippen LogP contribution is -2.44. The molecule has 1 aromatic rings. The van der Waals surface area contributed by atoms with Gasteiger partial charge in [0.05, 0.1) is 0 Å². The highest BCUT2D eigenvalue weighted by atomic mass is 19.1. The maximum Gasteiger partial charge on any atom is 0.408 e. The molecule has 0 saturated carbocycles. The lowest BCUT2D eigenvalue weighted by atomic mass is 10.1. The molecule has 0 radical (unpaired) electrons. The highest BCUT2D eigenvalue weighted by Crippen LogP contribution is 2.20. The Morgan fingerprint density at radius 2 is 2.00 bits per heavy atom. The molecule has 0 bridgehead atoms. The maximum absolute atomic E-state index is 13.6. The Morgan fingerprint density at radius 1 is 1.38 bits per heavy atom. The van der Waals surface area contributed by atoms with E-state index in [0.717, 1.165) is 6.07 Å². The van der Waals surface area contributed by atoms with E-state index in [1.807, 2.05) is 0 Å². The Bertz CT molecular complexity index is 539. The number of aliphatic carboxylic acids is 1. The van der Waals surface area contributed by atoms with Crippen LogP contribution in [0.3, 0.4) is 0 Å². The van der Waals surface area contributed by atoms with Gasteiger partial charge >= 0.3 is 12.1 Å². The molecule has 0 spiro atoms. The van der Waals surface area contributed by atoms with Crippen LogP contribution in [0.4, 0.5) is 9.18 Å². The number of benzene rings is 1. The summed E-state index contributed by atoms with van der Waals surface area (Å²) in [6.45, 7) is 4.91. The van der Waals surface area contributed by atoms with Gasteiger partial charge in [-0.3, -0.25) is 0 Å². The number of phenolic OH excluding ortho intramolecular Hbond substituents is 1. The molecular weight excluding hydrogens is 281 g/mol. The monoisotopic (exact) mass is 299 g/mol. The van der Waals surface area contributed by atoms with Gasteiger partial charge in [0.1, 0.15) is 11.6 Å². The molecule has 3 N–H and O–H groups in total. The molecule has 0 aliphatic heterocycles. The lowest BCUT2D eigenvalue weighted by Gasteiger charge is -2.22. The maximum atomic E-state index is 13.6. The number of phenols is 1. The summed E-state index contributed by atoms with van der Waals surface area (Å²) in [4.78, 5) is 22.7. The molecule has 1 amide bonds. The molecule has 21 heavy (non-hydrogen) atoms. The third kappa shape index (κ3) is 5.29. The molecule has 7 heteroatoms. The number of aromatic hydroxyl groups is 1. The molecule has 0 aliphatic carbocycles. The first kappa shape index (κ1) is 16.7. The summed E-state index contributed by atoms with van der Waals surface area (Å²) in [5, 5.41) is 20.5. The number of carboxylic acids is 1. The van der Waals surface area contributed by atoms with Crippen molar-refractivity contribution in [2.45, 2.75) is 38.8 Å². The zero-order chi connectivity index (χ0) is 16.2. The van der Waals surface area contributed by atoms with Crippen molar-refractivity contribution < 1.29 is 28.9 Å². The third-order valence-electron chi connectivity index (χ3n) is 2.47. The molecule has 1 rings (SSSR count). The zero-order valence-electron chi connectivity index (χ0n) is 12.0. The molecule has 0 unspecified atom stereocenters. The Hall–Kier alpha value is -2.31. The van der Waals surface area contributed by atoms with Crippen molar-refractivity contribution in [3.63, 3.8) is 0 Å². The van der Waals surface area contributed by atoms with Crippen LogP contribution in [-0.2, 0) is 16.0 Å². The topological polar surface area (TPSA) is 95.9 Å². The van der Waals surface area contributed by atoms with Crippen molar-refractivity contribution in [2.75, 3.05) is 0 Å². The number of carbonyl (C=O) groups is 2. The van der Waals surface area contributed by atoms with Gasteiger partial charge in [0.15, 0.2) is 11.6 Å². The van der Waals surface area contributed by atoms with Gasteiger partial charge < -0.3 is 20.3 Å². The number of rotatable bonds is 4. The summed E-state index contributed by atoms with van der Waals surface area (Å²) >= 11 is 0. The Kier molecular flexibility index (Phi) is 5.12. The average molecular weight is 299 g/mol. The van der Waals surface area contributed by atoms with Crippen molar-refractivity contribution in [1.82, 2.24) is 5.32 Å². The molecule has 6 nitrogen and oxygen atoms in total. The van der Waals surface area contributed by atoms with Crippen LogP contribution >= 0.6 is 0 Å². The summed E-state index contributed by atoms with van der Waals surface area (Å²) in [6.07, 6.45) is -1.22. The van der Waals surface area contributed by atoms with Gasteiger partial charge in [-0.05, 0) is 32.4 Å². The molecule has 1 atom stereocenters. The number of halogens is 1. The van der Waals surface area contributed by atoms with E-state index in [1.54, 1.807) is 20.8 Å². The highest BCUT2D eigenvalue weighted by Gasteiger charge is 2.25. The van der Waals surface area contributed by atoms with Crippen molar-refractivity contribution >= 4 is 12.1 Å². The Balaban J connectivity index is 2.82. The minimum atomic E-state index is -1.36. The van der Waals surface area contributed by atoms with E-state index in [4.69, 9.17) is 9.84 Å². The summed E-state index contributed by atoms with van der Waals surface area (Å²) in [7, 11) is 0. The fourth-order valence-electron chi connectivity index (χ4n) is 1.59. The summed E-state index contributed by atoms with van der Waals surface area (Å²) < 4.78 is 18.6. The number of ether oxygens (including phenoxy) is 1. The molecule has 0 saturated heterocycles. The summed E-state index contributed by atoms with van der Waals surface area (Å²) in [5.41, 5.74) is -0.790. The van der Waals surface area contributed by atoms with Crippen LogP contribution < -0.4 is 5.32 Å². The van der Waals surface area contributed by atoms with Crippen LogP contribution in [0.5, 0.6) is 5.75 Å². The van der Waals surface area contributed by atoms with Crippen molar-refractivity contribution in [3.05, 3.63) is 29.6 Å². The van der Waals surface area contributed by atoms with Crippen LogP contribution in [-0.4, -0.2) is 33.9 Å². The first-order chi connectivity index (χ1) is 9.60. The minimum Gasteiger partial charge on any atom is -0.505 e. The van der Waals surface area contributed by atoms with Gasteiger partial charge in [-0.25, -0.2) is 14.0 Å². The second-order valence-corrected chi connectivity index (χ2v) is 5.49. The molecule has 0 heterocycles. The number of carboxylic acid groups (broad SMARTS) is 1. The van der Waals surface area contributed by atoms with Crippen molar-refractivity contribution in [3.8, 4) is 5.75 Å². The predicted octanol–water partition coefficient (Wildman–Crippen LogP) is 2.05. The van der Waals surface area contributed by atoms with Gasteiger partial charge in [0.25, 0.3) is 0 Å². The normalized spacial score (nSPS) is 12.6. The summed E-state index contributed by atoms with van der Waals surface area (Å²) in [5.74, 6) is -2.81. The van der Waals surface area contributed by atoms with Crippen LogP contribution in [0.15, 0.2) is 18.2 Å². The van der Waals surface area contributed by atoms with Crippen molar-refractivity contribution in [2.24, 2.45) is 0 Å². The molecule has 0 aromatic heterocycles. The minimum absolute atomic E-state index is 0.0153. The van der Waals surface area contributed by atoms with Gasteiger partial charge in [-0.2, -0.15) is 0 Å². The van der Waals surface area contributed by atoms with E-state index < -0.39 is 35.3 Å². The fraction of sp³-hybridized carbons (Fsp3) is 0.429. The number of amides is 1. The molecule has 1 aromatic carbocycles. The first-order valence-corrected chi connectivity index (χ1v) is 6.29. The zero-order valence-corrected chi connectivity index (χ0v) is 12.0. The van der Waals surface area contributed by atoms with E-state index in [9.17, 15) is 19.1 Å². The number of hydrogen-bond donors (Lipinski definition) is 3. The van der Waals surface area contributed by atoms with Gasteiger partial charge in [-0.1, -0.05) is 12.1 Å². The van der Waals surface area contributed by atoms with E-state index in [2.05, 4.69) is 5.32 Å². The number of nitrogens with one attached hydrogen (secondary N) is 1. The van der Waals surface area contributed by atoms with E-state index in [-0.39, 0.29) is 12.0 Å². The molecule has 0 fully saturated rings. The number of carbonyl (C=O) groups excluding carboxylic acids is 1. The highest BCUT2D eigenvalue weighted by molar-refractivity contribution is 5.80. The second-order valence-electron chi connectivity index (χ2n) is 5.49. The molecule has 116 valence electrons. The van der Waals surface area contributed by atoms with Gasteiger partial charge in [-0.15, -0.1) is 0 Å². The first-order valence-electron chi connectivity index (χ1n) is 6.29. The van der Waals surface area contributed by atoms with Crippen LogP contribution in [0, 0.1) is 5.82 Å². The standard InChI is InChI=1S/C14H18FNO5/c1-14(2,3)21-13(20)16-9(12(18)19)7-8-5-4-6-10(17)11(8)15/h4-6,9,17H,7H2,1-3H3,(H,16,20)(H,18,19)/t9-/m0/s1. The average Bonchev–Trinajstić information content (AvgIpc) is 2.31. The second kappa shape index (κ2) is 6.43. The van der Waals surface area contributed by atoms with Gasteiger partial charge in [0.2, 0.25) is 0 Å². The van der Waals surface area contributed by atoms with E-state index >= 15 is 0 Å². The smallest absolute Gasteiger partial charge is 0.408 e. The third-order valence-corrected chi connectivity index (χ3v) is 2.47. The predicted molar refractivity (Wildman–Crippen MR) is 72.6 cm³/mol. The molecular formula is C14H18FNO5. The SMILES string of the molecule is CC(C)(C)OC(=O)N[C@@H](Cc1cccc(O)c1F)C(=O)O. The molecule has 0 aliphatic rings. The largest absolute Gasteiger partial charge is 0.505 e. The summed E-state index contributed by atoms with van der Waals surface area (Å²) in [6, 6.07) is 2.51. The fourth-order valence-corrected chi connectivity index (χ4v) is 1.59. The lowest BCUT2D eigenvalue weighted by molar-refractivity contribution is -0.139.